The van der Waals surface area contributed by atoms with E-state index in [1.165, 1.54) is 19.2 Å². The maximum atomic E-state index is 14.9. The Morgan fingerprint density at radius 3 is 1.21 bits per heavy atom. The van der Waals surface area contributed by atoms with Gasteiger partial charge in [-0.3, -0.25) is 9.59 Å². The van der Waals surface area contributed by atoms with Gasteiger partial charge in [-0.25, -0.2) is 8.78 Å². The van der Waals surface area contributed by atoms with E-state index >= 15 is 0 Å². The molecule has 0 aromatic heterocycles. The van der Waals surface area contributed by atoms with Crippen LogP contribution in [0.4, 0.5) is 8.78 Å². The van der Waals surface area contributed by atoms with Crippen molar-refractivity contribution in [3.05, 3.63) is 190 Å². The summed E-state index contributed by atoms with van der Waals surface area (Å²) in [6.07, 6.45) is 4.36. The molecule has 0 saturated carbocycles. The van der Waals surface area contributed by atoms with Gasteiger partial charge in [-0.15, -0.1) is 0 Å². The summed E-state index contributed by atoms with van der Waals surface area (Å²) in [7, 11) is 4.55. The molecular weight excluding hydrogens is 923 g/mol. The molecule has 0 unspecified atom stereocenters. The summed E-state index contributed by atoms with van der Waals surface area (Å²) in [6, 6.07) is 36.9. The third kappa shape index (κ3) is 16.4. The molecule has 0 aliphatic heterocycles. The molecule has 0 saturated heterocycles. The van der Waals surface area contributed by atoms with Gasteiger partial charge in [-0.2, -0.15) is 0 Å². The van der Waals surface area contributed by atoms with Crippen molar-refractivity contribution in [1.29, 1.82) is 0 Å². The number of allylic oxidation sites excluding steroid dienone is 4. The Bertz CT molecular complexity index is 2880. The second-order valence-electron chi connectivity index (χ2n) is 20.7. The quantitative estimate of drug-likeness (QED) is 0.0671. The van der Waals surface area contributed by atoms with Crippen LogP contribution in [0, 0.1) is 11.6 Å². The first kappa shape index (κ1) is 56.7. The molecule has 73 heavy (non-hydrogen) atoms. The molecule has 0 bridgehead atoms. The van der Waals surface area contributed by atoms with Crippen LogP contribution in [0.25, 0.3) is 22.3 Å². The molecule has 386 valence electrons. The number of rotatable bonds is 18. The molecule has 2 atom stereocenters. The fraction of sp³-hybridized carbons (Fsp3) is 0.333. The highest BCUT2D eigenvalue weighted by Crippen LogP contribution is 2.39. The predicted molar refractivity (Wildman–Crippen MR) is 289 cm³/mol. The van der Waals surface area contributed by atoms with Gasteiger partial charge in [0, 0.05) is 23.0 Å². The van der Waals surface area contributed by atoms with Crippen molar-refractivity contribution in [1.82, 2.24) is 0 Å². The molecule has 0 amide bonds. The van der Waals surface area contributed by atoms with Gasteiger partial charge in [0.1, 0.15) is 47.8 Å². The van der Waals surface area contributed by atoms with Crippen LogP contribution in [0.1, 0.15) is 127 Å². The molecule has 0 fully saturated rings. The van der Waals surface area contributed by atoms with Crippen molar-refractivity contribution in [3.8, 4) is 45.3 Å². The summed E-state index contributed by atoms with van der Waals surface area (Å²) in [4.78, 5) is 23.1. The Labute approximate surface area is 431 Å². The molecule has 10 heteroatoms. The number of hydrogen-bond acceptors (Lipinski definition) is 7. The number of ether oxygens (including phenoxy) is 5. The van der Waals surface area contributed by atoms with Gasteiger partial charge in [0.15, 0.2) is 0 Å². The summed E-state index contributed by atoms with van der Waals surface area (Å²) >= 11 is 0. The van der Waals surface area contributed by atoms with E-state index in [0.29, 0.717) is 47.3 Å². The lowest BCUT2D eigenvalue weighted by Crippen LogP contribution is -2.13. The van der Waals surface area contributed by atoms with Gasteiger partial charge in [0.25, 0.3) is 0 Å². The fourth-order valence-corrected chi connectivity index (χ4v) is 8.55. The van der Waals surface area contributed by atoms with Crippen LogP contribution < -0.4 is 18.9 Å². The van der Waals surface area contributed by atoms with Crippen molar-refractivity contribution in [2.24, 2.45) is 0 Å². The SMILES string of the molecule is COC(=O)C[C@@H](C=C(C)C)c1ccc(OCc2ccc(C(C)(C)C)c(-c3cc(OC)ccc3F)c2)cc1.COc1ccc(F)c(-c2cc(COc3ccc([C@H](C=C(C)C)CC(=O)O)cc3)ccc2C(C)(C)C)c1. The van der Waals surface area contributed by atoms with Gasteiger partial charge in [-0.1, -0.05) is 113 Å². The second-order valence-corrected chi connectivity index (χ2v) is 20.7. The highest BCUT2D eigenvalue weighted by molar-refractivity contribution is 5.73. The number of halogens is 2. The van der Waals surface area contributed by atoms with E-state index in [9.17, 15) is 23.5 Å². The Morgan fingerprint density at radius 1 is 0.507 bits per heavy atom. The van der Waals surface area contributed by atoms with E-state index in [2.05, 4.69) is 47.6 Å². The third-order valence-electron chi connectivity index (χ3n) is 12.2. The number of hydrogen-bond donors (Lipinski definition) is 1. The number of carboxylic acids is 1. The Hall–Kier alpha value is -7.20. The zero-order valence-electron chi connectivity index (χ0n) is 44.7. The largest absolute Gasteiger partial charge is 0.497 e. The fourth-order valence-electron chi connectivity index (χ4n) is 8.55. The Kier molecular flexibility index (Phi) is 19.8. The monoisotopic (exact) mass is 995 g/mol. The minimum atomic E-state index is -0.834. The van der Waals surface area contributed by atoms with Crippen LogP contribution in [0.2, 0.25) is 0 Å². The number of carbonyl (C=O) groups excluding carboxylic acids is 1. The predicted octanol–water partition coefficient (Wildman–Crippen LogP) is 15.9. The van der Waals surface area contributed by atoms with Gasteiger partial charge in [0.05, 0.1) is 34.2 Å². The number of aliphatic carboxylic acids is 1. The molecular formula is C63H72F2O8. The summed E-state index contributed by atoms with van der Waals surface area (Å²) in [6.45, 7) is 21.3. The number of esters is 1. The van der Waals surface area contributed by atoms with Crippen LogP contribution in [0.3, 0.4) is 0 Å². The summed E-state index contributed by atoms with van der Waals surface area (Å²) in [5, 5.41) is 9.26. The van der Waals surface area contributed by atoms with Crippen molar-refractivity contribution < 1.29 is 47.2 Å². The van der Waals surface area contributed by atoms with E-state index in [1.54, 1.807) is 38.5 Å². The van der Waals surface area contributed by atoms with E-state index in [1.807, 2.05) is 119 Å². The molecule has 0 aliphatic rings. The maximum absolute atomic E-state index is 14.9. The maximum Gasteiger partial charge on any atom is 0.306 e. The zero-order valence-corrected chi connectivity index (χ0v) is 44.7. The van der Waals surface area contributed by atoms with E-state index in [-0.39, 0.29) is 53.1 Å². The second kappa shape index (κ2) is 25.5. The normalized spacial score (nSPS) is 12.0. The molecule has 6 aromatic carbocycles. The molecule has 6 rings (SSSR count). The summed E-state index contributed by atoms with van der Waals surface area (Å²) in [5.41, 5.74) is 10.4. The number of carboxylic acid groups (broad SMARTS) is 1. The van der Waals surface area contributed by atoms with Crippen LogP contribution in [0.15, 0.2) is 145 Å². The van der Waals surface area contributed by atoms with Gasteiger partial charge in [-0.05, 0) is 156 Å². The van der Waals surface area contributed by atoms with Gasteiger partial charge in [0.2, 0.25) is 0 Å². The zero-order chi connectivity index (χ0) is 53.6. The van der Waals surface area contributed by atoms with Crippen LogP contribution in [0.5, 0.6) is 23.0 Å². The van der Waals surface area contributed by atoms with Crippen molar-refractivity contribution in [3.63, 3.8) is 0 Å². The molecule has 0 spiro atoms. The van der Waals surface area contributed by atoms with E-state index in [0.717, 1.165) is 55.7 Å². The topological polar surface area (TPSA) is 101 Å². The number of methoxy groups -OCH3 is 3. The molecule has 0 heterocycles. The molecule has 6 aromatic rings. The van der Waals surface area contributed by atoms with E-state index < -0.39 is 5.97 Å². The summed E-state index contributed by atoms with van der Waals surface area (Å²) in [5.74, 6) is 0.679. The lowest BCUT2D eigenvalue weighted by molar-refractivity contribution is -0.141. The lowest BCUT2D eigenvalue weighted by atomic mass is 9.81. The molecule has 8 nitrogen and oxygen atoms in total. The van der Waals surface area contributed by atoms with E-state index in [4.69, 9.17) is 23.7 Å². The van der Waals surface area contributed by atoms with Gasteiger partial charge >= 0.3 is 11.9 Å². The Morgan fingerprint density at radius 2 is 0.877 bits per heavy atom. The number of benzene rings is 6. The standard InChI is InChI=1S/C32H37FO4.C31H35FO4/c1-21(2)16-24(18-31(34)36-7)23-9-11-25(12-10-23)37-20-22-8-14-29(32(3,4)5)27(17-22)28-19-26(35-6)13-15-30(28)33;1-20(2)15-23(17-30(33)34)22-8-10-24(11-9-22)36-19-21-7-13-28(31(3,4)5)26(16-21)27-18-25(35-6)12-14-29(27)32/h8-17,19,24H,18,20H2,1-7H3;7-16,18,23H,17,19H2,1-6H3,(H,33,34)/t24-;23-/m11/s1. The number of carbonyl (C=O) groups is 2. The molecule has 1 N–H and O–H groups in total. The highest BCUT2D eigenvalue weighted by Gasteiger charge is 2.24. The van der Waals surface area contributed by atoms with Crippen molar-refractivity contribution in [2.45, 2.75) is 118 Å². The van der Waals surface area contributed by atoms with Crippen molar-refractivity contribution in [2.75, 3.05) is 21.3 Å². The average molecular weight is 995 g/mol. The molecule has 0 aliphatic carbocycles. The first-order chi connectivity index (χ1) is 34.5. The van der Waals surface area contributed by atoms with Gasteiger partial charge < -0.3 is 28.8 Å². The molecule has 0 radical (unpaired) electrons. The summed E-state index contributed by atoms with van der Waals surface area (Å²) < 4.78 is 57.4. The lowest BCUT2D eigenvalue weighted by Gasteiger charge is -2.24. The first-order valence-corrected chi connectivity index (χ1v) is 24.5. The highest BCUT2D eigenvalue weighted by atomic mass is 19.1. The Balaban J connectivity index is 0.000000271. The van der Waals surface area contributed by atoms with Crippen LogP contribution in [-0.4, -0.2) is 38.4 Å². The smallest absolute Gasteiger partial charge is 0.306 e. The minimum Gasteiger partial charge on any atom is -0.497 e. The van der Waals surface area contributed by atoms with Crippen LogP contribution in [-0.2, 0) is 38.4 Å². The average Bonchev–Trinajstić information content (AvgIpc) is 3.34. The van der Waals surface area contributed by atoms with Crippen molar-refractivity contribution >= 4 is 11.9 Å². The minimum absolute atomic E-state index is 0.0368. The first-order valence-electron chi connectivity index (χ1n) is 24.5. The third-order valence-corrected chi connectivity index (χ3v) is 12.2. The van der Waals surface area contributed by atoms with Crippen LogP contribution >= 0.6 is 0 Å².